The van der Waals surface area contributed by atoms with Gasteiger partial charge in [-0.2, -0.15) is 26.2 Å². The molecular weight excluding hydrogens is 829 g/mol. The molecule has 276 valence electrons. The first-order chi connectivity index (χ1) is 27.9. The summed E-state index contributed by atoms with van der Waals surface area (Å²) in [6.45, 7) is 5.85. The van der Waals surface area contributed by atoms with Gasteiger partial charge in [-0.3, -0.25) is 0 Å². The van der Waals surface area contributed by atoms with E-state index in [1.165, 1.54) is 69.2 Å². The van der Waals surface area contributed by atoms with Crippen LogP contribution in [0.1, 0.15) is 15.0 Å². The van der Waals surface area contributed by atoms with E-state index in [0.29, 0.717) is 34.9 Å². The fourth-order valence-corrected chi connectivity index (χ4v) is 9.50. The maximum absolute atomic E-state index is 5.03. The normalized spacial score (nSPS) is 11.4. The van der Waals surface area contributed by atoms with E-state index in [1.54, 1.807) is 0 Å². The molecule has 0 unspecified atom stereocenters. The molecule has 0 atom stereocenters. The third kappa shape index (κ3) is 7.34. The van der Waals surface area contributed by atoms with Crippen molar-refractivity contribution in [1.82, 2.24) is 56.1 Å². The second-order valence-corrected chi connectivity index (χ2v) is 17.8. The molecule has 10 rings (SSSR count). The smallest absolute Gasteiger partial charge is 0.173 e. The van der Waals surface area contributed by atoms with Crippen molar-refractivity contribution >= 4 is 69.2 Å². The van der Waals surface area contributed by atoms with Crippen molar-refractivity contribution < 1.29 is 0 Å². The summed E-state index contributed by atoms with van der Waals surface area (Å²) < 4.78 is 27.8. The van der Waals surface area contributed by atoms with E-state index >= 15 is 0 Å². The fourth-order valence-electron chi connectivity index (χ4n) is 6.01. The Hall–Kier alpha value is -5.76. The molecule has 0 aliphatic rings. The van der Waals surface area contributed by atoms with Crippen molar-refractivity contribution in [2.24, 2.45) is 0 Å². The minimum absolute atomic E-state index is 0.626. The van der Waals surface area contributed by atoms with Crippen LogP contribution in [0.4, 0.5) is 0 Å². The molecule has 57 heavy (non-hydrogen) atoms. The van der Waals surface area contributed by atoms with Crippen molar-refractivity contribution in [3.05, 3.63) is 106 Å². The summed E-state index contributed by atoms with van der Waals surface area (Å²) in [6.07, 6.45) is 0. The quantitative estimate of drug-likeness (QED) is 0.136. The Labute approximate surface area is 349 Å². The van der Waals surface area contributed by atoms with E-state index in [0.717, 1.165) is 80.1 Å². The molecule has 4 aromatic carbocycles. The molecule has 0 saturated carbocycles. The van der Waals surface area contributed by atoms with Gasteiger partial charge < -0.3 is 0 Å². The minimum atomic E-state index is 0.626. The van der Waals surface area contributed by atoms with Crippen molar-refractivity contribution in [1.29, 1.82) is 0 Å². The fraction of sp³-hybridized carbons (Fsp3) is 0.0769. The Morgan fingerprint density at radius 2 is 0.509 bits per heavy atom. The van der Waals surface area contributed by atoms with Crippen LogP contribution in [0.5, 0.6) is 0 Å². The molecule has 6 heterocycles. The molecule has 0 spiro atoms. The minimum Gasteiger partial charge on any atom is -0.220 e. The molecular formula is C39H24N12S6. The Morgan fingerprint density at radius 1 is 0.281 bits per heavy atom. The number of hydrogen-bond acceptors (Lipinski definition) is 18. The molecule has 0 N–H and O–H groups in total. The zero-order valence-electron chi connectivity index (χ0n) is 30.0. The maximum Gasteiger partial charge on any atom is 0.173 e. The molecule has 0 amide bonds. The molecule has 12 nitrogen and oxygen atoms in total. The van der Waals surface area contributed by atoms with Gasteiger partial charge in [-0.05, 0) is 126 Å². The first-order valence-corrected chi connectivity index (χ1v) is 21.9. The van der Waals surface area contributed by atoms with Crippen LogP contribution in [0.25, 0.3) is 100 Å². The lowest BCUT2D eigenvalue weighted by atomic mass is 10.1. The monoisotopic (exact) mass is 852 g/mol. The standard InChI is InChI=1S/C39H24N12S6/c1-19-40-31(46-52-19)22-7-4-10-25(13-22)34-43-37(55-49-34)28-16-29(38-44-35(50-56-38)26-11-5-8-23(14-26)32-41-20(2)53-47-32)18-30(17-28)39-45-36(51-57-39)27-12-6-9-24(15-27)33-42-21(3)54-48-33/h4-18H,1-3H3. The van der Waals surface area contributed by atoms with Crippen LogP contribution in [-0.4, -0.2) is 56.1 Å². The van der Waals surface area contributed by atoms with Gasteiger partial charge in [0.2, 0.25) is 0 Å². The number of rotatable bonds is 9. The molecule has 6 aromatic heterocycles. The Morgan fingerprint density at radius 3 is 0.754 bits per heavy atom. The van der Waals surface area contributed by atoms with E-state index < -0.39 is 0 Å². The molecule has 18 heteroatoms. The van der Waals surface area contributed by atoms with Gasteiger partial charge in [-0.15, -0.1) is 0 Å². The Bertz CT molecular complexity index is 2730. The molecule has 0 saturated heterocycles. The number of nitrogens with zero attached hydrogens (tertiary/aromatic N) is 12. The van der Waals surface area contributed by atoms with Gasteiger partial charge in [0.25, 0.3) is 0 Å². The third-order valence-corrected chi connectivity index (χ3v) is 12.8. The number of benzene rings is 4. The average Bonchev–Trinajstić information content (AvgIpc) is 4.10. The van der Waals surface area contributed by atoms with Crippen LogP contribution in [0.2, 0.25) is 0 Å². The average molecular weight is 853 g/mol. The lowest BCUT2D eigenvalue weighted by molar-refractivity contribution is 1.25. The van der Waals surface area contributed by atoms with Gasteiger partial charge in [0.1, 0.15) is 30.0 Å². The second-order valence-electron chi connectivity index (χ2n) is 12.7. The summed E-state index contributed by atoms with van der Waals surface area (Å²) in [4.78, 5) is 28.8. The van der Waals surface area contributed by atoms with Crippen molar-refractivity contribution in [2.45, 2.75) is 20.8 Å². The summed E-state index contributed by atoms with van der Waals surface area (Å²) in [7, 11) is 0. The highest BCUT2D eigenvalue weighted by Crippen LogP contribution is 2.38. The topological polar surface area (TPSA) is 155 Å². The highest BCUT2D eigenvalue weighted by molar-refractivity contribution is 7.10. The highest BCUT2D eigenvalue weighted by atomic mass is 32.1. The first-order valence-electron chi connectivity index (χ1n) is 17.3. The van der Waals surface area contributed by atoms with Crippen molar-refractivity contribution in [3.63, 3.8) is 0 Å². The van der Waals surface area contributed by atoms with Crippen LogP contribution in [0.3, 0.4) is 0 Å². The van der Waals surface area contributed by atoms with Gasteiger partial charge >= 0.3 is 0 Å². The lowest BCUT2D eigenvalue weighted by Crippen LogP contribution is -1.88. The number of aromatic nitrogens is 12. The van der Waals surface area contributed by atoms with E-state index in [9.17, 15) is 0 Å². The number of aryl methyl sites for hydroxylation is 3. The molecule has 10 aromatic rings. The van der Waals surface area contributed by atoms with Gasteiger partial charge in [0.05, 0.1) is 0 Å². The van der Waals surface area contributed by atoms with Gasteiger partial charge in [-0.25, -0.2) is 29.9 Å². The maximum atomic E-state index is 5.03. The Balaban J connectivity index is 1.03. The van der Waals surface area contributed by atoms with E-state index in [1.807, 2.05) is 93.6 Å². The summed E-state index contributed by atoms with van der Waals surface area (Å²) in [6, 6.07) is 30.3. The van der Waals surface area contributed by atoms with Crippen LogP contribution < -0.4 is 0 Å². The molecule has 0 aliphatic heterocycles. The second kappa shape index (κ2) is 15.0. The van der Waals surface area contributed by atoms with Gasteiger partial charge in [0, 0.05) is 50.1 Å². The van der Waals surface area contributed by atoms with Crippen LogP contribution in [-0.2, 0) is 0 Å². The largest absolute Gasteiger partial charge is 0.220 e. The predicted octanol–water partition coefficient (Wildman–Crippen LogP) is 10.7. The van der Waals surface area contributed by atoms with Gasteiger partial charge in [-0.1, -0.05) is 54.6 Å². The van der Waals surface area contributed by atoms with E-state index in [-0.39, 0.29) is 0 Å². The highest BCUT2D eigenvalue weighted by Gasteiger charge is 2.19. The van der Waals surface area contributed by atoms with Crippen LogP contribution in [0, 0.1) is 20.8 Å². The first kappa shape index (κ1) is 35.6. The molecule has 0 radical (unpaired) electrons. The third-order valence-electron chi connectivity index (χ3n) is 8.67. The molecule has 0 fully saturated rings. The summed E-state index contributed by atoms with van der Waals surface area (Å²) in [5.74, 6) is 3.97. The number of hydrogen-bond donors (Lipinski definition) is 0. The predicted molar refractivity (Wildman–Crippen MR) is 230 cm³/mol. The summed E-state index contributed by atoms with van der Waals surface area (Å²) in [5.41, 5.74) is 8.06. The Kier molecular flexibility index (Phi) is 9.35. The van der Waals surface area contributed by atoms with E-state index in [2.05, 4.69) is 46.3 Å². The molecule has 0 aliphatic carbocycles. The van der Waals surface area contributed by atoms with Crippen LogP contribution in [0.15, 0.2) is 91.0 Å². The van der Waals surface area contributed by atoms with E-state index in [4.69, 9.17) is 28.1 Å². The van der Waals surface area contributed by atoms with Gasteiger partial charge in [0.15, 0.2) is 34.9 Å². The zero-order valence-corrected chi connectivity index (χ0v) is 34.9. The lowest BCUT2D eigenvalue weighted by Gasteiger charge is -2.05. The summed E-state index contributed by atoms with van der Waals surface area (Å²) in [5, 5.41) is 5.02. The van der Waals surface area contributed by atoms with Crippen molar-refractivity contribution in [3.8, 4) is 100 Å². The SMILES string of the molecule is Cc1nc(-c2cccc(-c3nsc(-c4cc(-c5nc(-c6cccc(-c7nsc(C)n7)c6)ns5)cc(-c5nc(-c6cccc(-c7nsc(C)n7)c6)ns5)c4)n3)c2)ns1. The molecule has 0 bridgehead atoms. The summed E-state index contributed by atoms with van der Waals surface area (Å²) >= 11 is 8.18. The van der Waals surface area contributed by atoms with Crippen molar-refractivity contribution in [2.75, 3.05) is 0 Å². The zero-order chi connectivity index (χ0) is 38.5. The van der Waals surface area contributed by atoms with Crippen LogP contribution >= 0.6 is 69.2 Å².